The summed E-state index contributed by atoms with van der Waals surface area (Å²) in [6.07, 6.45) is 0. The molecule has 0 aliphatic rings. The van der Waals surface area contributed by atoms with Gasteiger partial charge in [-0.1, -0.05) is 127 Å². The lowest BCUT2D eigenvalue weighted by Gasteiger charge is -2.17. The standard InChI is InChI=1S/C36H22/c1-2-12-25-23(10-1)11-9-19-26(25)24-20-21-33-34(22-24)29-15-5-8-18-32(29)35-30-16-6-3-13-27(30)28-14-4-7-17-31(28)36(33)35/h1-22H. The largest absolute Gasteiger partial charge is 0.0616 e. The molecule has 0 nitrogen and oxygen atoms in total. The van der Waals surface area contributed by atoms with E-state index in [2.05, 4.69) is 133 Å². The molecule has 0 aromatic heterocycles. The minimum absolute atomic E-state index is 1.26. The molecule has 0 radical (unpaired) electrons. The van der Waals surface area contributed by atoms with Crippen LogP contribution in [0.3, 0.4) is 0 Å². The van der Waals surface area contributed by atoms with E-state index >= 15 is 0 Å². The number of rotatable bonds is 1. The molecule has 36 heavy (non-hydrogen) atoms. The van der Waals surface area contributed by atoms with Crippen LogP contribution >= 0.6 is 0 Å². The van der Waals surface area contributed by atoms with Gasteiger partial charge >= 0.3 is 0 Å². The van der Waals surface area contributed by atoms with Crippen LogP contribution in [-0.4, -0.2) is 0 Å². The molecule has 166 valence electrons. The van der Waals surface area contributed by atoms with E-state index < -0.39 is 0 Å². The maximum atomic E-state index is 2.41. The molecule has 0 saturated heterocycles. The van der Waals surface area contributed by atoms with Crippen LogP contribution in [-0.2, 0) is 0 Å². The summed E-state index contributed by atoms with van der Waals surface area (Å²) in [5, 5.41) is 15.8. The van der Waals surface area contributed by atoms with Crippen molar-refractivity contribution < 1.29 is 0 Å². The highest BCUT2D eigenvalue weighted by Gasteiger charge is 2.16. The van der Waals surface area contributed by atoms with E-state index in [1.54, 1.807) is 0 Å². The molecular weight excluding hydrogens is 432 g/mol. The lowest BCUT2D eigenvalue weighted by molar-refractivity contribution is 1.69. The Labute approximate surface area is 209 Å². The molecule has 0 fully saturated rings. The van der Waals surface area contributed by atoms with Gasteiger partial charge < -0.3 is 0 Å². The van der Waals surface area contributed by atoms with Gasteiger partial charge in [0.25, 0.3) is 0 Å². The SMILES string of the molecule is c1ccc2c(-c3ccc4c(c3)c3ccccc3c3c5ccccc5c5ccccc5c43)cccc2c1. The molecule has 0 heteroatoms. The molecule has 0 bridgehead atoms. The third-order valence-corrected chi connectivity index (χ3v) is 7.81. The van der Waals surface area contributed by atoms with Crippen LogP contribution in [0.15, 0.2) is 133 Å². The van der Waals surface area contributed by atoms with Gasteiger partial charge in [-0.15, -0.1) is 0 Å². The lowest BCUT2D eigenvalue weighted by Crippen LogP contribution is -1.89. The van der Waals surface area contributed by atoms with Gasteiger partial charge in [-0.05, 0) is 81.8 Å². The quantitative estimate of drug-likeness (QED) is 0.216. The smallest absolute Gasteiger partial charge is 0.00139 e. The highest BCUT2D eigenvalue weighted by molar-refractivity contribution is 6.39. The van der Waals surface area contributed by atoms with Crippen LogP contribution in [0.2, 0.25) is 0 Å². The summed E-state index contributed by atoms with van der Waals surface area (Å²) in [7, 11) is 0. The van der Waals surface area contributed by atoms with Crippen molar-refractivity contribution >= 4 is 64.6 Å². The van der Waals surface area contributed by atoms with Crippen molar-refractivity contribution in [3.63, 3.8) is 0 Å². The van der Waals surface area contributed by atoms with Gasteiger partial charge in [0.05, 0.1) is 0 Å². The van der Waals surface area contributed by atoms with Crippen LogP contribution in [0.25, 0.3) is 75.8 Å². The van der Waals surface area contributed by atoms with Crippen molar-refractivity contribution in [3.05, 3.63) is 133 Å². The first-order valence-electron chi connectivity index (χ1n) is 12.5. The van der Waals surface area contributed by atoms with Crippen molar-refractivity contribution in [1.82, 2.24) is 0 Å². The minimum Gasteiger partial charge on any atom is -0.0616 e. The molecule has 0 aliphatic heterocycles. The average molecular weight is 455 g/mol. The summed E-state index contributed by atoms with van der Waals surface area (Å²) >= 11 is 0. The van der Waals surface area contributed by atoms with E-state index in [0.29, 0.717) is 0 Å². The number of hydrogen-bond acceptors (Lipinski definition) is 0. The zero-order valence-electron chi connectivity index (χ0n) is 19.7. The Kier molecular flexibility index (Phi) is 4.03. The Morgan fingerprint density at radius 2 is 0.722 bits per heavy atom. The van der Waals surface area contributed by atoms with Gasteiger partial charge in [-0.25, -0.2) is 0 Å². The maximum Gasteiger partial charge on any atom is -0.00139 e. The molecule has 0 unspecified atom stereocenters. The van der Waals surface area contributed by atoms with Crippen LogP contribution in [0.4, 0.5) is 0 Å². The molecule has 8 aromatic carbocycles. The van der Waals surface area contributed by atoms with Crippen molar-refractivity contribution in [2.75, 3.05) is 0 Å². The molecule has 0 amide bonds. The van der Waals surface area contributed by atoms with Gasteiger partial charge in [0.1, 0.15) is 0 Å². The summed E-state index contributed by atoms with van der Waals surface area (Å²) in [6, 6.07) is 49.0. The zero-order valence-corrected chi connectivity index (χ0v) is 19.7. The fraction of sp³-hybridized carbons (Fsp3) is 0. The van der Waals surface area contributed by atoms with E-state index in [4.69, 9.17) is 0 Å². The van der Waals surface area contributed by atoms with E-state index in [-0.39, 0.29) is 0 Å². The summed E-state index contributed by atoms with van der Waals surface area (Å²) < 4.78 is 0. The zero-order chi connectivity index (χ0) is 23.6. The van der Waals surface area contributed by atoms with Crippen LogP contribution in [0, 0.1) is 0 Å². The number of fused-ring (bicyclic) bond motifs is 12. The predicted molar refractivity (Wildman–Crippen MR) is 157 cm³/mol. The molecule has 0 saturated carbocycles. The first kappa shape index (κ1) is 19.6. The summed E-state index contributed by atoms with van der Waals surface area (Å²) in [4.78, 5) is 0. The monoisotopic (exact) mass is 454 g/mol. The number of benzene rings is 8. The maximum absolute atomic E-state index is 2.41. The molecular formula is C36H22. The third-order valence-electron chi connectivity index (χ3n) is 7.81. The first-order chi connectivity index (χ1) is 17.9. The molecule has 0 atom stereocenters. The Morgan fingerprint density at radius 1 is 0.278 bits per heavy atom. The van der Waals surface area contributed by atoms with E-state index in [0.717, 1.165) is 0 Å². The molecule has 0 aliphatic carbocycles. The normalized spacial score (nSPS) is 11.9. The van der Waals surface area contributed by atoms with Gasteiger partial charge in [-0.3, -0.25) is 0 Å². The second kappa shape index (κ2) is 7.41. The molecule has 0 spiro atoms. The van der Waals surface area contributed by atoms with Crippen molar-refractivity contribution in [3.8, 4) is 11.1 Å². The fourth-order valence-corrected chi connectivity index (χ4v) is 6.27. The van der Waals surface area contributed by atoms with Crippen molar-refractivity contribution in [2.45, 2.75) is 0 Å². The second-order valence-electron chi connectivity index (χ2n) is 9.67. The minimum atomic E-state index is 1.26. The van der Waals surface area contributed by atoms with Gasteiger partial charge in [0.15, 0.2) is 0 Å². The Balaban J connectivity index is 1.61. The van der Waals surface area contributed by atoms with Gasteiger partial charge in [0.2, 0.25) is 0 Å². The second-order valence-corrected chi connectivity index (χ2v) is 9.67. The first-order valence-corrected chi connectivity index (χ1v) is 12.5. The summed E-state index contributed by atoms with van der Waals surface area (Å²) in [5.41, 5.74) is 2.54. The Bertz CT molecular complexity index is 2140. The van der Waals surface area contributed by atoms with Crippen molar-refractivity contribution in [1.29, 1.82) is 0 Å². The van der Waals surface area contributed by atoms with E-state index in [1.165, 1.54) is 75.8 Å². The molecule has 8 rings (SSSR count). The molecule has 8 aromatic rings. The highest BCUT2D eigenvalue weighted by Crippen LogP contribution is 2.44. The average Bonchev–Trinajstić information content (AvgIpc) is 2.96. The lowest BCUT2D eigenvalue weighted by atomic mass is 9.86. The third kappa shape index (κ3) is 2.64. The fourth-order valence-electron chi connectivity index (χ4n) is 6.27. The highest BCUT2D eigenvalue weighted by atomic mass is 14.2. The van der Waals surface area contributed by atoms with Gasteiger partial charge in [-0.2, -0.15) is 0 Å². The number of hydrogen-bond donors (Lipinski definition) is 0. The van der Waals surface area contributed by atoms with Crippen molar-refractivity contribution in [2.24, 2.45) is 0 Å². The predicted octanol–water partition coefficient (Wildman–Crippen LogP) is 10.3. The Morgan fingerprint density at radius 3 is 1.33 bits per heavy atom. The summed E-state index contributed by atoms with van der Waals surface area (Å²) in [6.45, 7) is 0. The van der Waals surface area contributed by atoms with E-state index in [9.17, 15) is 0 Å². The molecule has 0 N–H and O–H groups in total. The van der Waals surface area contributed by atoms with Crippen LogP contribution in [0.5, 0.6) is 0 Å². The molecule has 0 heterocycles. The van der Waals surface area contributed by atoms with Crippen LogP contribution < -0.4 is 0 Å². The van der Waals surface area contributed by atoms with Gasteiger partial charge in [0, 0.05) is 0 Å². The summed E-state index contributed by atoms with van der Waals surface area (Å²) in [5.74, 6) is 0. The Hall–Kier alpha value is -4.68. The topological polar surface area (TPSA) is 0 Å². The van der Waals surface area contributed by atoms with E-state index in [1.807, 2.05) is 0 Å². The van der Waals surface area contributed by atoms with Crippen LogP contribution in [0.1, 0.15) is 0 Å².